The van der Waals surface area contributed by atoms with Gasteiger partial charge in [0.25, 0.3) is 0 Å². The monoisotopic (exact) mass is 264 g/mol. The zero-order valence-electron chi connectivity index (χ0n) is 11.9. The van der Waals surface area contributed by atoms with Crippen molar-refractivity contribution in [3.63, 3.8) is 0 Å². The number of carbonyl (C=O) groups is 1. The van der Waals surface area contributed by atoms with Crippen molar-refractivity contribution in [2.45, 2.75) is 50.7 Å². The van der Waals surface area contributed by atoms with Crippen molar-refractivity contribution in [1.82, 2.24) is 9.47 Å². The van der Waals surface area contributed by atoms with E-state index in [1.807, 2.05) is 43.1 Å². The van der Waals surface area contributed by atoms with Crippen LogP contribution in [-0.4, -0.2) is 39.7 Å². The van der Waals surface area contributed by atoms with E-state index in [0.29, 0.717) is 13.0 Å². The highest BCUT2D eigenvalue weighted by Crippen LogP contribution is 2.32. The summed E-state index contributed by atoms with van der Waals surface area (Å²) in [4.78, 5) is 14.0. The number of rotatable bonds is 5. The van der Waals surface area contributed by atoms with E-state index in [0.717, 1.165) is 25.7 Å². The lowest BCUT2D eigenvalue weighted by molar-refractivity contribution is -0.133. The predicted molar refractivity (Wildman–Crippen MR) is 74.8 cm³/mol. The van der Waals surface area contributed by atoms with E-state index in [1.165, 1.54) is 0 Å². The van der Waals surface area contributed by atoms with Crippen molar-refractivity contribution in [3.05, 3.63) is 24.5 Å². The number of amides is 1. The summed E-state index contributed by atoms with van der Waals surface area (Å²) in [6.07, 6.45) is 8.46. The molecule has 19 heavy (non-hydrogen) atoms. The second-order valence-corrected chi connectivity index (χ2v) is 5.75. The lowest BCUT2D eigenvalue weighted by atomic mass is 9.98. The number of aliphatic hydroxyl groups is 1. The Kier molecular flexibility index (Phi) is 4.30. The summed E-state index contributed by atoms with van der Waals surface area (Å²) in [6.45, 7) is 2.53. The molecule has 2 rings (SSSR count). The van der Waals surface area contributed by atoms with E-state index in [4.69, 9.17) is 0 Å². The van der Waals surface area contributed by atoms with Crippen LogP contribution in [-0.2, 0) is 4.79 Å². The summed E-state index contributed by atoms with van der Waals surface area (Å²) < 4.78 is 1.91. The number of nitrogens with zero attached hydrogens (tertiary/aromatic N) is 2. The summed E-state index contributed by atoms with van der Waals surface area (Å²) in [5.74, 6) is 0.0952. The molecule has 106 valence electrons. The predicted octanol–water partition coefficient (Wildman–Crippen LogP) is 2.20. The van der Waals surface area contributed by atoms with E-state index in [1.54, 1.807) is 4.90 Å². The Labute approximate surface area is 115 Å². The molecule has 0 aromatic carbocycles. The maximum absolute atomic E-state index is 12.3. The first-order chi connectivity index (χ1) is 9.02. The Morgan fingerprint density at radius 2 is 1.95 bits per heavy atom. The molecule has 1 aliphatic carbocycles. The van der Waals surface area contributed by atoms with Crippen LogP contribution in [0.3, 0.4) is 0 Å². The quantitative estimate of drug-likeness (QED) is 0.886. The standard InChI is InChI=1S/C15H24N2O2/c1-13(17-10-5-6-11-17)14(18)16(2)12-9-15(19)7-3-4-8-15/h5-6,10-11,13,19H,3-4,7-9,12H2,1-2H3/t13-/m1/s1. The van der Waals surface area contributed by atoms with Crippen LogP contribution in [0.1, 0.15) is 45.1 Å². The maximum atomic E-state index is 12.3. The zero-order valence-corrected chi connectivity index (χ0v) is 11.9. The first-order valence-electron chi connectivity index (χ1n) is 7.12. The van der Waals surface area contributed by atoms with E-state index < -0.39 is 5.60 Å². The molecule has 1 fully saturated rings. The minimum atomic E-state index is -0.536. The topological polar surface area (TPSA) is 45.5 Å². The zero-order chi connectivity index (χ0) is 13.9. The molecule has 1 heterocycles. The second-order valence-electron chi connectivity index (χ2n) is 5.75. The van der Waals surface area contributed by atoms with Crippen molar-refractivity contribution in [2.24, 2.45) is 0 Å². The third-order valence-corrected chi connectivity index (χ3v) is 4.26. The van der Waals surface area contributed by atoms with Gasteiger partial charge in [0.15, 0.2) is 0 Å². The van der Waals surface area contributed by atoms with Crippen molar-refractivity contribution in [2.75, 3.05) is 13.6 Å². The van der Waals surface area contributed by atoms with Crippen LogP contribution in [0.25, 0.3) is 0 Å². The van der Waals surface area contributed by atoms with Crippen molar-refractivity contribution in [1.29, 1.82) is 0 Å². The summed E-state index contributed by atoms with van der Waals surface area (Å²) in [5.41, 5.74) is -0.536. The van der Waals surface area contributed by atoms with Crippen LogP contribution < -0.4 is 0 Å². The highest BCUT2D eigenvalue weighted by atomic mass is 16.3. The first kappa shape index (κ1) is 14.1. The van der Waals surface area contributed by atoms with Gasteiger partial charge < -0.3 is 14.6 Å². The summed E-state index contributed by atoms with van der Waals surface area (Å²) in [5, 5.41) is 10.3. The first-order valence-corrected chi connectivity index (χ1v) is 7.12. The Morgan fingerprint density at radius 3 is 2.53 bits per heavy atom. The highest BCUT2D eigenvalue weighted by Gasteiger charge is 2.31. The average Bonchev–Trinajstić information content (AvgIpc) is 3.06. The molecule has 1 aliphatic rings. The molecule has 0 radical (unpaired) electrons. The fraction of sp³-hybridized carbons (Fsp3) is 0.667. The Balaban J connectivity index is 1.85. The Bertz CT molecular complexity index is 408. The fourth-order valence-corrected chi connectivity index (χ4v) is 2.82. The minimum Gasteiger partial charge on any atom is -0.390 e. The molecule has 1 saturated carbocycles. The molecule has 1 amide bonds. The van der Waals surface area contributed by atoms with Crippen LogP contribution in [0.15, 0.2) is 24.5 Å². The number of carbonyl (C=O) groups excluding carboxylic acids is 1. The van der Waals surface area contributed by atoms with Crippen LogP contribution in [0, 0.1) is 0 Å². The molecule has 1 aromatic heterocycles. The van der Waals surface area contributed by atoms with Gasteiger partial charge in [0.1, 0.15) is 6.04 Å². The number of aromatic nitrogens is 1. The van der Waals surface area contributed by atoms with Gasteiger partial charge in [-0.2, -0.15) is 0 Å². The highest BCUT2D eigenvalue weighted by molar-refractivity contribution is 5.79. The summed E-state index contributed by atoms with van der Waals surface area (Å²) in [6, 6.07) is 3.66. The molecule has 1 N–H and O–H groups in total. The molecule has 1 aromatic rings. The third kappa shape index (κ3) is 3.38. The van der Waals surface area contributed by atoms with Gasteiger partial charge in [-0.1, -0.05) is 12.8 Å². The van der Waals surface area contributed by atoms with Gasteiger partial charge in [-0.15, -0.1) is 0 Å². The van der Waals surface area contributed by atoms with Gasteiger partial charge in [0, 0.05) is 26.0 Å². The average molecular weight is 264 g/mol. The Hall–Kier alpha value is -1.29. The van der Waals surface area contributed by atoms with Gasteiger partial charge in [-0.25, -0.2) is 0 Å². The molecule has 0 unspecified atom stereocenters. The van der Waals surface area contributed by atoms with Gasteiger partial charge in [-0.3, -0.25) is 4.79 Å². The molecule has 4 heteroatoms. The SMILES string of the molecule is C[C@H](C(=O)N(C)CCC1(O)CCCC1)n1cccc1. The molecular weight excluding hydrogens is 240 g/mol. The van der Waals surface area contributed by atoms with E-state index >= 15 is 0 Å². The Morgan fingerprint density at radius 1 is 1.37 bits per heavy atom. The number of likely N-dealkylation sites (N-methyl/N-ethyl adjacent to an activating group) is 1. The van der Waals surface area contributed by atoms with Gasteiger partial charge in [0.05, 0.1) is 5.60 Å². The van der Waals surface area contributed by atoms with Gasteiger partial charge in [-0.05, 0) is 38.3 Å². The fourth-order valence-electron chi connectivity index (χ4n) is 2.82. The molecular formula is C15H24N2O2. The third-order valence-electron chi connectivity index (χ3n) is 4.26. The second kappa shape index (κ2) is 5.78. The smallest absolute Gasteiger partial charge is 0.245 e. The van der Waals surface area contributed by atoms with Crippen LogP contribution in [0.4, 0.5) is 0 Å². The lowest BCUT2D eigenvalue weighted by Gasteiger charge is -2.27. The van der Waals surface area contributed by atoms with Crippen molar-refractivity contribution in [3.8, 4) is 0 Å². The minimum absolute atomic E-state index is 0.0952. The number of hydrogen-bond acceptors (Lipinski definition) is 2. The normalized spacial score (nSPS) is 19.3. The van der Waals surface area contributed by atoms with Crippen LogP contribution in [0.2, 0.25) is 0 Å². The van der Waals surface area contributed by atoms with E-state index in [2.05, 4.69) is 0 Å². The van der Waals surface area contributed by atoms with Crippen molar-refractivity contribution >= 4 is 5.91 Å². The van der Waals surface area contributed by atoms with Crippen LogP contribution >= 0.6 is 0 Å². The molecule has 0 saturated heterocycles. The lowest BCUT2D eigenvalue weighted by Crippen LogP contribution is -2.37. The summed E-state index contributed by atoms with van der Waals surface area (Å²) in [7, 11) is 1.82. The van der Waals surface area contributed by atoms with E-state index in [9.17, 15) is 9.90 Å². The molecule has 1 atom stereocenters. The molecule has 0 spiro atoms. The number of hydrogen-bond donors (Lipinski definition) is 1. The molecule has 0 bridgehead atoms. The van der Waals surface area contributed by atoms with Gasteiger partial charge >= 0.3 is 0 Å². The van der Waals surface area contributed by atoms with Crippen molar-refractivity contribution < 1.29 is 9.90 Å². The maximum Gasteiger partial charge on any atom is 0.245 e. The summed E-state index contributed by atoms with van der Waals surface area (Å²) >= 11 is 0. The molecule has 0 aliphatic heterocycles. The van der Waals surface area contributed by atoms with E-state index in [-0.39, 0.29) is 11.9 Å². The molecule has 4 nitrogen and oxygen atoms in total. The van der Waals surface area contributed by atoms with Gasteiger partial charge in [0.2, 0.25) is 5.91 Å². The largest absolute Gasteiger partial charge is 0.390 e. The van der Waals surface area contributed by atoms with Crippen LogP contribution in [0.5, 0.6) is 0 Å².